The lowest BCUT2D eigenvalue weighted by Gasteiger charge is -2.06. The van der Waals surface area contributed by atoms with Crippen molar-refractivity contribution in [3.8, 4) is 0 Å². The summed E-state index contributed by atoms with van der Waals surface area (Å²) in [6.45, 7) is 0. The molecule has 0 N–H and O–H groups in total. The van der Waals surface area contributed by atoms with Gasteiger partial charge in [-0.05, 0) is 46.3 Å². The van der Waals surface area contributed by atoms with Crippen LogP contribution in [0, 0.1) is 11.6 Å². The van der Waals surface area contributed by atoms with E-state index in [2.05, 4.69) is 15.9 Å². The van der Waals surface area contributed by atoms with Crippen LogP contribution in [0.1, 0.15) is 5.56 Å². The fraction of sp³-hybridized carbons (Fsp3) is 0.133. The molecule has 0 spiro atoms. The van der Waals surface area contributed by atoms with E-state index in [1.165, 1.54) is 17.8 Å². The monoisotopic (exact) mass is 390 g/mol. The molecule has 6 heteroatoms. The van der Waals surface area contributed by atoms with E-state index < -0.39 is 11.6 Å². The molecule has 0 bridgehead atoms. The van der Waals surface area contributed by atoms with Crippen molar-refractivity contribution in [2.24, 2.45) is 0 Å². The Kier molecular flexibility index (Phi) is 5.79. The number of carbonyl (C=O) groups is 1. The molecule has 0 amide bonds. The number of thioether (sulfide) groups is 1. The van der Waals surface area contributed by atoms with E-state index in [0.717, 1.165) is 11.0 Å². The lowest BCUT2D eigenvalue weighted by molar-refractivity contribution is -0.116. The Balaban J connectivity index is 2.01. The number of hydrogen-bond donors (Lipinski definition) is 0. The molecule has 0 aliphatic carbocycles. The lowest BCUT2D eigenvalue weighted by Crippen LogP contribution is -2.09. The summed E-state index contributed by atoms with van der Waals surface area (Å²) in [6, 6.07) is 9.49. The third-order valence-electron chi connectivity index (χ3n) is 2.71. The smallest absolute Gasteiger partial charge is 0.147 e. The molecule has 0 fully saturated rings. The highest BCUT2D eigenvalue weighted by Crippen LogP contribution is 2.24. The number of ketones is 1. The summed E-state index contributed by atoms with van der Waals surface area (Å²) in [7, 11) is 0. The maximum atomic E-state index is 13.8. The highest BCUT2D eigenvalue weighted by atomic mass is 79.9. The second-order valence-electron chi connectivity index (χ2n) is 4.28. The third-order valence-corrected chi connectivity index (χ3v) is 4.61. The maximum absolute atomic E-state index is 13.8. The molecule has 0 aromatic heterocycles. The Hall–Kier alpha value is -0.910. The van der Waals surface area contributed by atoms with E-state index in [-0.39, 0.29) is 28.0 Å². The number of benzene rings is 2. The average molecular weight is 392 g/mol. The standard InChI is InChI=1S/C15H10BrClF2OS/c16-13-4-5-14(18)12(15(13)19)7-10(20)8-21-11-3-1-2-9(17)6-11/h1-6H,7-8H2. The Morgan fingerprint density at radius 3 is 2.71 bits per heavy atom. The quantitative estimate of drug-likeness (QED) is 0.509. The van der Waals surface area contributed by atoms with Gasteiger partial charge >= 0.3 is 0 Å². The van der Waals surface area contributed by atoms with Crippen LogP contribution in [0.4, 0.5) is 8.78 Å². The maximum Gasteiger partial charge on any atom is 0.147 e. The molecule has 0 atom stereocenters. The van der Waals surface area contributed by atoms with Crippen LogP contribution >= 0.6 is 39.3 Å². The molecular formula is C15H10BrClF2OS. The van der Waals surface area contributed by atoms with Crippen molar-refractivity contribution >= 4 is 45.1 Å². The number of hydrogen-bond acceptors (Lipinski definition) is 2. The number of Topliss-reactive ketones (excluding diaryl/α,β-unsaturated/α-hetero) is 1. The number of halogens is 4. The van der Waals surface area contributed by atoms with Crippen LogP contribution in [-0.4, -0.2) is 11.5 Å². The number of rotatable bonds is 5. The van der Waals surface area contributed by atoms with E-state index in [9.17, 15) is 13.6 Å². The van der Waals surface area contributed by atoms with Gasteiger partial charge in [0.15, 0.2) is 0 Å². The summed E-state index contributed by atoms with van der Waals surface area (Å²) in [5.74, 6) is -1.56. The van der Waals surface area contributed by atoms with E-state index in [1.807, 2.05) is 6.07 Å². The third kappa shape index (κ3) is 4.53. The normalized spacial score (nSPS) is 10.7. The molecule has 0 aliphatic heterocycles. The first-order chi connectivity index (χ1) is 9.97. The molecule has 2 aromatic rings. The zero-order chi connectivity index (χ0) is 15.4. The first-order valence-corrected chi connectivity index (χ1v) is 8.15. The van der Waals surface area contributed by atoms with Crippen LogP contribution < -0.4 is 0 Å². The van der Waals surface area contributed by atoms with Crippen LogP contribution in [0.5, 0.6) is 0 Å². The van der Waals surface area contributed by atoms with E-state index in [4.69, 9.17) is 11.6 Å². The van der Waals surface area contributed by atoms with Crippen molar-refractivity contribution < 1.29 is 13.6 Å². The van der Waals surface area contributed by atoms with Crippen molar-refractivity contribution in [2.45, 2.75) is 11.3 Å². The van der Waals surface area contributed by atoms with Gasteiger partial charge in [0, 0.05) is 21.9 Å². The predicted molar refractivity (Wildman–Crippen MR) is 84.9 cm³/mol. The van der Waals surface area contributed by atoms with Gasteiger partial charge < -0.3 is 0 Å². The predicted octanol–water partition coefficient (Wildman–Crippen LogP) is 5.28. The molecule has 2 rings (SSSR count). The van der Waals surface area contributed by atoms with Gasteiger partial charge in [-0.1, -0.05) is 17.7 Å². The van der Waals surface area contributed by atoms with Gasteiger partial charge in [0.05, 0.1) is 10.2 Å². The summed E-state index contributed by atoms with van der Waals surface area (Å²) >= 11 is 10.1. The van der Waals surface area contributed by atoms with Crippen molar-refractivity contribution in [1.29, 1.82) is 0 Å². The van der Waals surface area contributed by atoms with Gasteiger partial charge in [0.25, 0.3) is 0 Å². The summed E-state index contributed by atoms with van der Waals surface area (Å²) in [5.41, 5.74) is -0.207. The van der Waals surface area contributed by atoms with Gasteiger partial charge in [0.2, 0.25) is 0 Å². The molecule has 0 saturated heterocycles. The highest BCUT2D eigenvalue weighted by Gasteiger charge is 2.16. The fourth-order valence-electron chi connectivity index (χ4n) is 1.70. The SMILES string of the molecule is O=C(CSc1cccc(Cl)c1)Cc1c(F)ccc(Br)c1F. The molecular weight excluding hydrogens is 382 g/mol. The average Bonchev–Trinajstić information content (AvgIpc) is 2.46. The van der Waals surface area contributed by atoms with E-state index >= 15 is 0 Å². The topological polar surface area (TPSA) is 17.1 Å². The molecule has 0 radical (unpaired) electrons. The van der Waals surface area contributed by atoms with Crippen molar-refractivity contribution in [3.05, 3.63) is 63.1 Å². The molecule has 0 saturated carbocycles. The lowest BCUT2D eigenvalue weighted by atomic mass is 10.1. The second kappa shape index (κ2) is 7.38. The summed E-state index contributed by atoms with van der Waals surface area (Å²) in [5, 5.41) is 0.580. The minimum Gasteiger partial charge on any atom is -0.298 e. The molecule has 0 heterocycles. The van der Waals surface area contributed by atoms with Gasteiger partial charge in [-0.15, -0.1) is 11.8 Å². The zero-order valence-corrected chi connectivity index (χ0v) is 13.9. The fourth-order valence-corrected chi connectivity index (χ4v) is 3.14. The van der Waals surface area contributed by atoms with Crippen molar-refractivity contribution in [2.75, 3.05) is 5.75 Å². The van der Waals surface area contributed by atoms with Crippen molar-refractivity contribution in [3.63, 3.8) is 0 Å². The van der Waals surface area contributed by atoms with Gasteiger partial charge in [-0.2, -0.15) is 0 Å². The van der Waals surface area contributed by atoms with Crippen LogP contribution in [-0.2, 0) is 11.2 Å². The van der Waals surface area contributed by atoms with Crippen LogP contribution in [0.15, 0.2) is 45.8 Å². The van der Waals surface area contributed by atoms with Gasteiger partial charge in [-0.25, -0.2) is 8.78 Å². The minimum atomic E-state index is -0.726. The van der Waals surface area contributed by atoms with Crippen LogP contribution in [0.3, 0.4) is 0 Å². The minimum absolute atomic E-state index is 0.131. The number of carbonyl (C=O) groups excluding carboxylic acids is 1. The molecule has 21 heavy (non-hydrogen) atoms. The van der Waals surface area contributed by atoms with Crippen LogP contribution in [0.25, 0.3) is 0 Å². The zero-order valence-electron chi connectivity index (χ0n) is 10.7. The molecule has 2 aromatic carbocycles. The molecule has 1 nitrogen and oxygen atoms in total. The van der Waals surface area contributed by atoms with E-state index in [1.54, 1.807) is 18.2 Å². The first kappa shape index (κ1) is 16.5. The van der Waals surface area contributed by atoms with Crippen LogP contribution in [0.2, 0.25) is 5.02 Å². The summed E-state index contributed by atoms with van der Waals surface area (Å²) < 4.78 is 27.5. The summed E-state index contributed by atoms with van der Waals surface area (Å²) in [6.07, 6.45) is -0.273. The van der Waals surface area contributed by atoms with E-state index in [0.29, 0.717) is 5.02 Å². The molecule has 0 aliphatic rings. The molecule has 0 unspecified atom stereocenters. The highest BCUT2D eigenvalue weighted by molar-refractivity contribution is 9.10. The Bertz CT molecular complexity index is 679. The Morgan fingerprint density at radius 1 is 1.24 bits per heavy atom. The Morgan fingerprint density at radius 2 is 2.00 bits per heavy atom. The van der Waals surface area contributed by atoms with Gasteiger partial charge in [0.1, 0.15) is 17.4 Å². The molecule has 110 valence electrons. The summed E-state index contributed by atoms with van der Waals surface area (Å²) in [4.78, 5) is 12.7. The second-order valence-corrected chi connectivity index (χ2v) is 6.62. The van der Waals surface area contributed by atoms with Crippen molar-refractivity contribution in [1.82, 2.24) is 0 Å². The van der Waals surface area contributed by atoms with Gasteiger partial charge in [-0.3, -0.25) is 4.79 Å². The largest absolute Gasteiger partial charge is 0.298 e. The first-order valence-electron chi connectivity index (χ1n) is 6.00. The Labute approximate surface area is 138 Å².